The Labute approximate surface area is 222 Å². The van der Waals surface area contributed by atoms with Crippen molar-refractivity contribution < 1.29 is 33.3 Å². The molecule has 1 N–H and O–H groups in total. The first-order chi connectivity index (χ1) is 18.4. The first-order valence-electron chi connectivity index (χ1n) is 12.7. The van der Waals surface area contributed by atoms with E-state index in [1.54, 1.807) is 47.1 Å². The van der Waals surface area contributed by atoms with Gasteiger partial charge in [0.1, 0.15) is 17.4 Å². The molecular formula is C30H33NO7. The molecule has 0 unspecified atom stereocenters. The van der Waals surface area contributed by atoms with Gasteiger partial charge < -0.3 is 24.3 Å². The van der Waals surface area contributed by atoms with Crippen LogP contribution in [0.4, 0.5) is 0 Å². The van der Waals surface area contributed by atoms with Crippen molar-refractivity contribution in [2.45, 2.75) is 39.0 Å². The minimum Gasteiger partial charge on any atom is -0.497 e. The number of esters is 2. The third kappa shape index (κ3) is 4.90. The highest BCUT2D eigenvalue weighted by Crippen LogP contribution is 2.49. The molecule has 0 aromatic heterocycles. The van der Waals surface area contributed by atoms with E-state index < -0.39 is 35.5 Å². The summed E-state index contributed by atoms with van der Waals surface area (Å²) in [6.45, 7) is 5.55. The quantitative estimate of drug-likeness (QED) is 0.404. The number of hydrogen-bond donors (Lipinski definition) is 1. The van der Waals surface area contributed by atoms with Gasteiger partial charge in [-0.1, -0.05) is 30.3 Å². The number of Topliss-reactive ketones (excluding diaryl/α,β-unsaturated/α-hetero) is 1. The van der Waals surface area contributed by atoms with Crippen molar-refractivity contribution in [3.8, 4) is 11.5 Å². The van der Waals surface area contributed by atoms with E-state index in [4.69, 9.17) is 18.9 Å². The number of rotatable bonds is 8. The molecule has 4 rings (SSSR count). The Morgan fingerprint density at radius 2 is 1.71 bits per heavy atom. The second kappa shape index (κ2) is 11.5. The van der Waals surface area contributed by atoms with Gasteiger partial charge in [-0.25, -0.2) is 4.79 Å². The molecule has 0 fully saturated rings. The molecule has 0 radical (unpaired) electrons. The minimum atomic E-state index is -1.11. The lowest BCUT2D eigenvalue weighted by Crippen LogP contribution is -2.43. The maximum atomic E-state index is 14.4. The van der Waals surface area contributed by atoms with Crippen LogP contribution in [-0.2, 0) is 23.9 Å². The lowest BCUT2D eigenvalue weighted by molar-refractivity contribution is -0.152. The van der Waals surface area contributed by atoms with E-state index in [1.807, 2.05) is 36.4 Å². The van der Waals surface area contributed by atoms with Crippen LogP contribution in [0.15, 0.2) is 71.1 Å². The summed E-state index contributed by atoms with van der Waals surface area (Å²) in [7, 11) is 3.11. The second-order valence-electron chi connectivity index (χ2n) is 9.13. The van der Waals surface area contributed by atoms with Crippen LogP contribution in [0, 0.1) is 5.92 Å². The number of carbonyl (C=O) groups is 3. The molecule has 2 aromatic rings. The van der Waals surface area contributed by atoms with E-state index in [9.17, 15) is 14.4 Å². The van der Waals surface area contributed by atoms with E-state index in [0.717, 1.165) is 5.56 Å². The number of benzene rings is 2. The molecule has 3 atom stereocenters. The molecule has 8 nitrogen and oxygen atoms in total. The molecule has 1 aliphatic carbocycles. The number of nitrogens with one attached hydrogen (secondary N) is 1. The van der Waals surface area contributed by atoms with Crippen molar-refractivity contribution in [3.63, 3.8) is 0 Å². The summed E-state index contributed by atoms with van der Waals surface area (Å²) >= 11 is 0. The zero-order chi connectivity index (χ0) is 27.4. The van der Waals surface area contributed by atoms with Crippen molar-refractivity contribution >= 4 is 17.7 Å². The first-order valence-corrected chi connectivity index (χ1v) is 12.7. The Balaban J connectivity index is 1.93. The largest absolute Gasteiger partial charge is 0.497 e. The molecular weight excluding hydrogens is 486 g/mol. The fourth-order valence-electron chi connectivity index (χ4n) is 5.44. The van der Waals surface area contributed by atoms with Gasteiger partial charge >= 0.3 is 11.9 Å². The molecule has 1 aliphatic heterocycles. The average Bonchev–Trinajstić information content (AvgIpc) is 2.92. The van der Waals surface area contributed by atoms with Gasteiger partial charge in [-0.15, -0.1) is 0 Å². The van der Waals surface area contributed by atoms with Crippen molar-refractivity contribution in [2.24, 2.45) is 5.92 Å². The van der Waals surface area contributed by atoms with E-state index in [0.29, 0.717) is 46.0 Å². The maximum absolute atomic E-state index is 14.4. The molecule has 0 saturated heterocycles. The Morgan fingerprint density at radius 3 is 2.39 bits per heavy atom. The van der Waals surface area contributed by atoms with Gasteiger partial charge in [0.2, 0.25) is 0 Å². The third-order valence-corrected chi connectivity index (χ3v) is 7.02. The number of allylic oxidation sites excluding steroid dienone is 3. The monoisotopic (exact) mass is 519 g/mol. The standard InChI is InChI=1S/C30H33NO7/c1-6-37-29(33)24-17(3)31-22-16-21(20-13-8-9-14-23(20)36-5)26(30(34)38-7-2)28(32)27(22)25(24)18-11-10-12-19(15-18)35-4/h8-15,21,25-26,31H,6-7,16H2,1-5H3/t21-,25-,26+/m0/s1. The summed E-state index contributed by atoms with van der Waals surface area (Å²) in [4.78, 5) is 40.9. The van der Waals surface area contributed by atoms with E-state index in [1.165, 1.54) is 0 Å². The molecule has 38 heavy (non-hydrogen) atoms. The molecule has 2 aromatic carbocycles. The molecule has 2 aliphatic rings. The van der Waals surface area contributed by atoms with Gasteiger partial charge in [-0.05, 0) is 56.5 Å². The summed E-state index contributed by atoms with van der Waals surface area (Å²) < 4.78 is 21.8. The normalized spacial score (nSPS) is 20.9. The maximum Gasteiger partial charge on any atom is 0.336 e. The number of ketones is 1. The fourth-order valence-corrected chi connectivity index (χ4v) is 5.44. The third-order valence-electron chi connectivity index (χ3n) is 7.02. The van der Waals surface area contributed by atoms with Gasteiger partial charge in [-0.2, -0.15) is 0 Å². The molecule has 200 valence electrons. The fraction of sp³-hybridized carbons (Fsp3) is 0.367. The van der Waals surface area contributed by atoms with Crippen LogP contribution in [0.3, 0.4) is 0 Å². The van der Waals surface area contributed by atoms with Gasteiger partial charge in [-0.3, -0.25) is 9.59 Å². The highest BCUT2D eigenvalue weighted by molar-refractivity contribution is 6.13. The highest BCUT2D eigenvalue weighted by atomic mass is 16.5. The van der Waals surface area contributed by atoms with Crippen LogP contribution in [0.5, 0.6) is 11.5 Å². The molecule has 0 spiro atoms. The van der Waals surface area contributed by atoms with Crippen molar-refractivity contribution in [1.29, 1.82) is 0 Å². The Hall–Kier alpha value is -4.07. The van der Waals surface area contributed by atoms with Gasteiger partial charge in [0.15, 0.2) is 5.78 Å². The summed E-state index contributed by atoms with van der Waals surface area (Å²) in [5.74, 6) is -2.73. The van der Waals surface area contributed by atoms with Crippen LogP contribution in [0.1, 0.15) is 50.2 Å². The Bertz CT molecular complexity index is 1310. The number of methoxy groups -OCH3 is 2. The number of carbonyl (C=O) groups excluding carboxylic acids is 3. The van der Waals surface area contributed by atoms with Crippen molar-refractivity contribution in [2.75, 3.05) is 27.4 Å². The van der Waals surface area contributed by atoms with Crippen LogP contribution in [0.2, 0.25) is 0 Å². The minimum absolute atomic E-state index is 0.137. The average molecular weight is 520 g/mol. The molecule has 8 heteroatoms. The number of ether oxygens (including phenoxy) is 4. The van der Waals surface area contributed by atoms with Crippen LogP contribution < -0.4 is 14.8 Å². The lowest BCUT2D eigenvalue weighted by atomic mass is 9.67. The van der Waals surface area contributed by atoms with Gasteiger partial charge in [0.05, 0.1) is 33.0 Å². The molecule has 1 heterocycles. The highest BCUT2D eigenvalue weighted by Gasteiger charge is 2.49. The molecule has 0 bridgehead atoms. The van der Waals surface area contributed by atoms with Crippen LogP contribution >= 0.6 is 0 Å². The lowest BCUT2D eigenvalue weighted by Gasteiger charge is -2.39. The topological polar surface area (TPSA) is 100 Å². The summed E-state index contributed by atoms with van der Waals surface area (Å²) in [6.07, 6.45) is 0.346. The van der Waals surface area contributed by atoms with Gasteiger partial charge in [0.25, 0.3) is 0 Å². The smallest absolute Gasteiger partial charge is 0.336 e. The summed E-state index contributed by atoms with van der Waals surface area (Å²) in [6, 6.07) is 14.6. The SMILES string of the molecule is CCOC(=O)C1=C(C)NC2=C(C(=O)[C@H](C(=O)OCC)[C@H](c3ccccc3OC)C2)[C@H]1c1cccc(OC)c1. The molecule has 0 amide bonds. The van der Waals surface area contributed by atoms with Crippen molar-refractivity contribution in [1.82, 2.24) is 5.32 Å². The van der Waals surface area contributed by atoms with E-state index in [2.05, 4.69) is 5.32 Å². The Morgan fingerprint density at radius 1 is 0.974 bits per heavy atom. The van der Waals surface area contributed by atoms with Crippen LogP contribution in [0.25, 0.3) is 0 Å². The number of hydrogen-bond acceptors (Lipinski definition) is 8. The zero-order valence-corrected chi connectivity index (χ0v) is 22.3. The summed E-state index contributed by atoms with van der Waals surface area (Å²) in [5, 5.41) is 3.31. The zero-order valence-electron chi connectivity index (χ0n) is 22.3. The second-order valence-corrected chi connectivity index (χ2v) is 9.13. The molecule has 0 saturated carbocycles. The predicted molar refractivity (Wildman–Crippen MR) is 141 cm³/mol. The van der Waals surface area contributed by atoms with E-state index in [-0.39, 0.29) is 13.2 Å². The van der Waals surface area contributed by atoms with Crippen LogP contribution in [-0.4, -0.2) is 45.2 Å². The number of para-hydroxylation sites is 1. The summed E-state index contributed by atoms with van der Waals surface area (Å²) in [5.41, 5.74) is 3.36. The Kier molecular flexibility index (Phi) is 8.20. The van der Waals surface area contributed by atoms with E-state index >= 15 is 0 Å². The van der Waals surface area contributed by atoms with Crippen molar-refractivity contribution in [3.05, 3.63) is 82.2 Å². The first kappa shape index (κ1) is 27.0. The predicted octanol–water partition coefficient (Wildman–Crippen LogP) is 4.42. The number of dihydropyridines is 1. The van der Waals surface area contributed by atoms with Gasteiger partial charge in [0, 0.05) is 28.8 Å².